The fraction of sp³-hybridized carbons (Fsp3) is 0.423. The van der Waals surface area contributed by atoms with Gasteiger partial charge in [0.15, 0.2) is 0 Å². The second-order valence-corrected chi connectivity index (χ2v) is 10.3. The number of amides is 2. The van der Waals surface area contributed by atoms with Crippen LogP contribution in [0.2, 0.25) is 0 Å². The second-order valence-electron chi connectivity index (χ2n) is 9.43. The van der Waals surface area contributed by atoms with Crippen LogP contribution in [0.5, 0.6) is 0 Å². The van der Waals surface area contributed by atoms with Crippen molar-refractivity contribution < 1.29 is 9.59 Å². The lowest BCUT2D eigenvalue weighted by molar-refractivity contribution is -0.151. The molecule has 2 N–H and O–H groups in total. The van der Waals surface area contributed by atoms with Gasteiger partial charge in [-0.15, -0.1) is 11.3 Å². The maximum absolute atomic E-state index is 13.1. The summed E-state index contributed by atoms with van der Waals surface area (Å²) in [6.45, 7) is 2.30. The minimum absolute atomic E-state index is 0.0431. The molecule has 0 atom stereocenters. The molecular weight excluding hydrogens is 446 g/mol. The summed E-state index contributed by atoms with van der Waals surface area (Å²) >= 11 is 1.45. The number of rotatable bonds is 5. The highest BCUT2D eigenvalue weighted by atomic mass is 32.1. The number of likely N-dealkylation sites (N-methyl/N-ethyl adjacent to an activating group) is 2. The monoisotopic (exact) mass is 477 g/mol. The highest BCUT2D eigenvalue weighted by molar-refractivity contribution is 7.12. The van der Waals surface area contributed by atoms with Crippen LogP contribution in [0.3, 0.4) is 0 Å². The van der Waals surface area contributed by atoms with E-state index in [9.17, 15) is 9.59 Å². The number of hydrogen-bond donors (Lipinski definition) is 2. The van der Waals surface area contributed by atoms with Crippen molar-refractivity contribution in [3.8, 4) is 0 Å². The minimum atomic E-state index is -0.406. The molecule has 7 nitrogen and oxygen atoms in total. The van der Waals surface area contributed by atoms with E-state index in [0.29, 0.717) is 11.4 Å². The number of pyridine rings is 1. The average Bonchev–Trinajstić information content (AvgIpc) is 3.34. The molecule has 2 fully saturated rings. The van der Waals surface area contributed by atoms with Crippen LogP contribution in [0.15, 0.2) is 48.0 Å². The predicted octanol–water partition coefficient (Wildman–Crippen LogP) is 3.72. The van der Waals surface area contributed by atoms with Crippen LogP contribution in [-0.4, -0.2) is 65.4 Å². The van der Waals surface area contributed by atoms with E-state index in [1.165, 1.54) is 11.3 Å². The molecule has 1 saturated carbocycles. The fourth-order valence-corrected chi connectivity index (χ4v) is 6.12. The molecule has 5 rings (SSSR count). The Morgan fingerprint density at radius 2 is 1.94 bits per heavy atom. The van der Waals surface area contributed by atoms with E-state index < -0.39 is 5.54 Å². The predicted molar refractivity (Wildman–Crippen MR) is 136 cm³/mol. The van der Waals surface area contributed by atoms with Gasteiger partial charge in [0, 0.05) is 44.3 Å². The summed E-state index contributed by atoms with van der Waals surface area (Å²) in [6.07, 6.45) is 5.01. The van der Waals surface area contributed by atoms with Crippen LogP contribution < -0.4 is 10.6 Å². The Bertz CT molecular complexity index is 1200. The maximum atomic E-state index is 13.1. The van der Waals surface area contributed by atoms with Gasteiger partial charge >= 0.3 is 0 Å². The number of aromatic nitrogens is 1. The SMILES string of the molecule is CN1CCN(C)C2(CCC(NC(=O)c3sccc3NCc3ccnc4ccccc34)CC2)C1=O. The first-order valence-corrected chi connectivity index (χ1v) is 12.8. The van der Waals surface area contributed by atoms with Crippen molar-refractivity contribution in [2.75, 3.05) is 32.5 Å². The lowest BCUT2D eigenvalue weighted by Crippen LogP contribution is -2.65. The van der Waals surface area contributed by atoms with Crippen LogP contribution in [0, 0.1) is 0 Å². The molecule has 2 aliphatic rings. The van der Waals surface area contributed by atoms with Crippen molar-refractivity contribution in [2.45, 2.75) is 43.8 Å². The molecule has 1 aliphatic heterocycles. The summed E-state index contributed by atoms with van der Waals surface area (Å²) in [5.41, 5.74) is 2.55. The number of thiophene rings is 1. The third-order valence-corrected chi connectivity index (χ3v) is 8.39. The second kappa shape index (κ2) is 9.35. The van der Waals surface area contributed by atoms with Crippen molar-refractivity contribution in [3.63, 3.8) is 0 Å². The maximum Gasteiger partial charge on any atom is 0.263 e. The van der Waals surface area contributed by atoms with Crippen LogP contribution >= 0.6 is 11.3 Å². The zero-order valence-electron chi connectivity index (χ0n) is 19.7. The van der Waals surface area contributed by atoms with Crippen LogP contribution in [0.4, 0.5) is 5.69 Å². The van der Waals surface area contributed by atoms with Gasteiger partial charge < -0.3 is 15.5 Å². The van der Waals surface area contributed by atoms with Crippen molar-refractivity contribution in [2.24, 2.45) is 0 Å². The van der Waals surface area contributed by atoms with E-state index in [4.69, 9.17) is 0 Å². The Balaban J connectivity index is 1.22. The number of para-hydroxylation sites is 1. The largest absolute Gasteiger partial charge is 0.380 e. The molecule has 2 amide bonds. The summed E-state index contributed by atoms with van der Waals surface area (Å²) in [5, 5.41) is 9.74. The van der Waals surface area contributed by atoms with E-state index >= 15 is 0 Å². The van der Waals surface area contributed by atoms with Crippen LogP contribution in [-0.2, 0) is 11.3 Å². The number of anilines is 1. The normalized spacial score (nSPS) is 23.4. The molecule has 2 aromatic heterocycles. The van der Waals surface area contributed by atoms with Crippen molar-refractivity contribution in [1.82, 2.24) is 20.1 Å². The van der Waals surface area contributed by atoms with Gasteiger partial charge in [0.05, 0.1) is 11.2 Å². The van der Waals surface area contributed by atoms with Crippen LogP contribution in [0.1, 0.15) is 40.9 Å². The molecule has 8 heteroatoms. The summed E-state index contributed by atoms with van der Waals surface area (Å²) in [5.74, 6) is 0.179. The molecule has 0 radical (unpaired) electrons. The molecule has 178 valence electrons. The van der Waals surface area contributed by atoms with Gasteiger partial charge in [-0.05, 0) is 61.9 Å². The van der Waals surface area contributed by atoms with Gasteiger partial charge in [-0.1, -0.05) is 18.2 Å². The van der Waals surface area contributed by atoms with E-state index in [1.54, 1.807) is 0 Å². The number of hydrogen-bond acceptors (Lipinski definition) is 6. The summed E-state index contributed by atoms with van der Waals surface area (Å²) in [6, 6.07) is 12.1. The number of fused-ring (bicyclic) bond motifs is 1. The number of nitrogens with zero attached hydrogens (tertiary/aromatic N) is 3. The molecule has 3 heterocycles. The minimum Gasteiger partial charge on any atom is -0.380 e. The van der Waals surface area contributed by atoms with E-state index in [2.05, 4.69) is 33.6 Å². The van der Waals surface area contributed by atoms with Crippen molar-refractivity contribution >= 4 is 39.7 Å². The number of benzene rings is 1. The van der Waals surface area contributed by atoms with Gasteiger partial charge in [-0.2, -0.15) is 0 Å². The first kappa shape index (κ1) is 22.8. The number of nitrogens with one attached hydrogen (secondary N) is 2. The summed E-state index contributed by atoms with van der Waals surface area (Å²) in [4.78, 5) is 35.3. The average molecular weight is 478 g/mol. The first-order valence-electron chi connectivity index (χ1n) is 11.9. The number of carbonyl (C=O) groups is 2. The highest BCUT2D eigenvalue weighted by Crippen LogP contribution is 2.37. The number of piperazine rings is 1. The Hall–Kier alpha value is -2.97. The molecule has 34 heavy (non-hydrogen) atoms. The molecule has 0 unspecified atom stereocenters. The van der Waals surface area contributed by atoms with E-state index in [1.807, 2.05) is 53.9 Å². The molecule has 1 aromatic carbocycles. The third kappa shape index (κ3) is 4.16. The standard InChI is InChI=1S/C26H31N5O2S/c1-30-14-15-31(2)26(25(30)33)11-7-19(8-12-26)29-24(32)23-22(10-16-34-23)28-17-18-9-13-27-21-6-4-3-5-20(18)21/h3-6,9-10,13,16,19,28H,7-8,11-12,14-15,17H2,1-2H3,(H,29,32). The van der Waals surface area contributed by atoms with Gasteiger partial charge in [-0.3, -0.25) is 19.5 Å². The van der Waals surface area contributed by atoms with Crippen molar-refractivity contribution in [1.29, 1.82) is 0 Å². The smallest absolute Gasteiger partial charge is 0.263 e. The molecule has 0 bridgehead atoms. The quantitative estimate of drug-likeness (QED) is 0.586. The molecule has 1 spiro atoms. The molecular formula is C26H31N5O2S. The van der Waals surface area contributed by atoms with E-state index in [-0.39, 0.29) is 17.9 Å². The fourth-order valence-electron chi connectivity index (χ4n) is 5.34. The lowest BCUT2D eigenvalue weighted by atomic mass is 9.76. The van der Waals surface area contributed by atoms with Gasteiger partial charge in [0.2, 0.25) is 5.91 Å². The Morgan fingerprint density at radius 3 is 2.76 bits per heavy atom. The lowest BCUT2D eigenvalue weighted by Gasteiger charge is -2.50. The summed E-state index contributed by atoms with van der Waals surface area (Å²) < 4.78 is 0. The zero-order valence-corrected chi connectivity index (χ0v) is 20.5. The van der Waals surface area contributed by atoms with Gasteiger partial charge in [-0.25, -0.2) is 0 Å². The first-order chi connectivity index (χ1) is 16.5. The van der Waals surface area contributed by atoms with E-state index in [0.717, 1.165) is 60.9 Å². The number of carbonyl (C=O) groups excluding carboxylic acids is 2. The van der Waals surface area contributed by atoms with Crippen LogP contribution in [0.25, 0.3) is 10.9 Å². The molecule has 1 saturated heterocycles. The topological polar surface area (TPSA) is 77.6 Å². The molecule has 3 aromatic rings. The Morgan fingerprint density at radius 1 is 1.15 bits per heavy atom. The summed E-state index contributed by atoms with van der Waals surface area (Å²) in [7, 11) is 3.95. The highest BCUT2D eigenvalue weighted by Gasteiger charge is 2.48. The molecule has 1 aliphatic carbocycles. The third-order valence-electron chi connectivity index (χ3n) is 7.47. The van der Waals surface area contributed by atoms with Gasteiger partial charge in [0.25, 0.3) is 5.91 Å². The Kier molecular flexibility index (Phi) is 6.27. The zero-order chi connectivity index (χ0) is 23.7. The van der Waals surface area contributed by atoms with Gasteiger partial charge in [0.1, 0.15) is 10.4 Å². The Labute approximate surface area is 204 Å². The van der Waals surface area contributed by atoms with Crippen molar-refractivity contribution in [3.05, 3.63) is 58.4 Å².